The minimum atomic E-state index is -0.389. The second kappa shape index (κ2) is 23.0. The van der Waals surface area contributed by atoms with Crippen LogP contribution in [0.3, 0.4) is 0 Å². The molecule has 13 nitrogen and oxygen atoms in total. The second-order valence-corrected chi connectivity index (χ2v) is 15.1. The van der Waals surface area contributed by atoms with Crippen molar-refractivity contribution in [2.24, 2.45) is 0 Å². The Morgan fingerprint density at radius 3 is 1.37 bits per heavy atom. The Balaban J connectivity index is 0.000000356. The number of nitrogens with zero attached hydrogens (tertiary/aromatic N) is 1. The molecule has 0 aliphatic rings. The van der Waals surface area contributed by atoms with E-state index in [0.29, 0.717) is 38.1 Å². The van der Waals surface area contributed by atoms with E-state index in [1.165, 1.54) is 29.0 Å². The molecule has 15 heteroatoms. The van der Waals surface area contributed by atoms with Crippen LogP contribution in [0.15, 0.2) is 87.2 Å². The van der Waals surface area contributed by atoms with Crippen molar-refractivity contribution in [3.05, 3.63) is 130 Å². The summed E-state index contributed by atoms with van der Waals surface area (Å²) >= 11 is 9.79. The predicted octanol–water partition coefficient (Wildman–Crippen LogP) is 10.4. The highest BCUT2D eigenvalue weighted by molar-refractivity contribution is 7.71. The van der Waals surface area contributed by atoms with Crippen LogP contribution in [0.5, 0.6) is 28.7 Å². The Morgan fingerprint density at radius 1 is 0.544 bits per heavy atom. The van der Waals surface area contributed by atoms with Gasteiger partial charge < -0.3 is 47.8 Å². The third-order valence-corrected chi connectivity index (χ3v) is 8.31. The van der Waals surface area contributed by atoms with E-state index < -0.39 is 0 Å². The van der Waals surface area contributed by atoms with Gasteiger partial charge in [-0.1, -0.05) is 79.8 Å². The number of rotatable bonds is 5. The van der Waals surface area contributed by atoms with Crippen LogP contribution in [-0.2, 0) is 0 Å². The van der Waals surface area contributed by atoms with Gasteiger partial charge in [-0.2, -0.15) is 0 Å². The molecule has 0 aliphatic carbocycles. The van der Waals surface area contributed by atoms with Gasteiger partial charge in [0.25, 0.3) is 5.56 Å². The molecule has 0 fully saturated rings. The zero-order valence-electron chi connectivity index (χ0n) is 34.4. The van der Waals surface area contributed by atoms with Gasteiger partial charge in [0.05, 0.1) is 9.02 Å². The number of aromatic hydroxyl groups is 5. The van der Waals surface area contributed by atoms with E-state index in [1.807, 2.05) is 69.2 Å². The van der Waals surface area contributed by atoms with Crippen molar-refractivity contribution < 1.29 is 43.2 Å². The highest BCUT2D eigenvalue weighted by Gasteiger charge is 2.10. The molecule has 0 spiro atoms. The minimum Gasteiger partial charge on any atom is -0.504 e. The van der Waals surface area contributed by atoms with Crippen LogP contribution < -0.4 is 16.4 Å². The summed E-state index contributed by atoms with van der Waals surface area (Å²) in [6.45, 7) is 22.8. The van der Waals surface area contributed by atoms with E-state index in [9.17, 15) is 19.5 Å². The Labute approximate surface area is 342 Å². The molecule has 0 atom stereocenters. The van der Waals surface area contributed by atoms with Gasteiger partial charge in [0.1, 0.15) is 47.1 Å². The Hall–Kier alpha value is -5.41. The molecule has 0 radical (unpaired) electrons. The smallest absolute Gasteiger partial charge is 0.292 e. The molecular formula is C42H55NO12S2. The Kier molecular flexibility index (Phi) is 20.0. The SMILES string of the molecule is CC(C)c1cc(=O)c(O)co1.CC(C)c1cc(=S)c(O)co1.CC(C)n1cccc(O)c1=O.Cc1oc(C(C)C)cc(=O)c1O.Cc1oc(C(C)C)cc(=S)c1O. The van der Waals surface area contributed by atoms with Crippen LogP contribution in [0.4, 0.5) is 0 Å². The van der Waals surface area contributed by atoms with E-state index in [-0.39, 0.29) is 68.8 Å². The quantitative estimate of drug-likeness (QED) is 0.104. The largest absolute Gasteiger partial charge is 0.504 e. The molecule has 0 amide bonds. The molecule has 5 N–H and O–H groups in total. The predicted molar refractivity (Wildman–Crippen MR) is 224 cm³/mol. The lowest BCUT2D eigenvalue weighted by Gasteiger charge is -2.08. The summed E-state index contributed by atoms with van der Waals surface area (Å²) in [5.74, 6) is 3.81. The fraction of sp³-hybridized carbons (Fsp3) is 0.405. The number of aryl methyl sites for hydroxylation is 2. The zero-order chi connectivity index (χ0) is 43.9. The molecule has 5 heterocycles. The maximum absolute atomic E-state index is 11.1. The molecule has 0 saturated carbocycles. The maximum atomic E-state index is 11.1. The van der Waals surface area contributed by atoms with Gasteiger partial charge in [0, 0.05) is 48.0 Å². The summed E-state index contributed by atoms with van der Waals surface area (Å²) in [5.41, 5.74) is -1.09. The van der Waals surface area contributed by atoms with E-state index in [2.05, 4.69) is 0 Å². The fourth-order valence-corrected chi connectivity index (χ4v) is 4.59. The van der Waals surface area contributed by atoms with Gasteiger partial charge in [-0.05, 0) is 52.0 Å². The molecule has 5 rings (SSSR count). The summed E-state index contributed by atoms with van der Waals surface area (Å²) in [7, 11) is 0. The van der Waals surface area contributed by atoms with Crippen molar-refractivity contribution in [3.8, 4) is 28.7 Å². The fourth-order valence-electron chi connectivity index (χ4n) is 4.17. The minimum absolute atomic E-state index is 0.0319. The highest BCUT2D eigenvalue weighted by Crippen LogP contribution is 2.24. The zero-order valence-corrected chi connectivity index (χ0v) is 36.1. The second-order valence-electron chi connectivity index (χ2n) is 14.2. The average molecular weight is 830 g/mol. The first-order chi connectivity index (χ1) is 26.4. The van der Waals surface area contributed by atoms with Crippen molar-refractivity contribution in [1.29, 1.82) is 0 Å². The summed E-state index contributed by atoms with van der Waals surface area (Å²) in [4.78, 5) is 33.0. The Morgan fingerprint density at radius 2 is 0.965 bits per heavy atom. The summed E-state index contributed by atoms with van der Waals surface area (Å²) in [6, 6.07) is 9.14. The number of hydrogen-bond acceptors (Lipinski definition) is 14. The molecule has 5 aromatic rings. The van der Waals surface area contributed by atoms with Gasteiger partial charge in [-0.25, -0.2) is 0 Å². The molecule has 0 aliphatic heterocycles. The van der Waals surface area contributed by atoms with Crippen molar-refractivity contribution in [2.75, 3.05) is 0 Å². The first-order valence-electron chi connectivity index (χ1n) is 18.1. The van der Waals surface area contributed by atoms with Crippen molar-refractivity contribution in [3.63, 3.8) is 0 Å². The molecule has 312 valence electrons. The van der Waals surface area contributed by atoms with Crippen molar-refractivity contribution in [2.45, 2.75) is 113 Å². The van der Waals surface area contributed by atoms with Gasteiger partial charge in [-0.3, -0.25) is 14.4 Å². The van der Waals surface area contributed by atoms with Crippen LogP contribution in [0, 0.1) is 22.9 Å². The maximum Gasteiger partial charge on any atom is 0.292 e. The van der Waals surface area contributed by atoms with Crippen molar-refractivity contribution >= 4 is 24.4 Å². The van der Waals surface area contributed by atoms with E-state index in [0.717, 1.165) is 17.8 Å². The van der Waals surface area contributed by atoms with Gasteiger partial charge >= 0.3 is 0 Å². The van der Waals surface area contributed by atoms with E-state index in [4.69, 9.17) is 62.5 Å². The van der Waals surface area contributed by atoms with Crippen molar-refractivity contribution in [1.82, 2.24) is 4.57 Å². The van der Waals surface area contributed by atoms with Crippen LogP contribution in [0.1, 0.15) is 134 Å². The number of aromatic nitrogens is 1. The number of pyridine rings is 1. The molecule has 0 saturated heterocycles. The lowest BCUT2D eigenvalue weighted by Crippen LogP contribution is -2.19. The summed E-state index contributed by atoms with van der Waals surface area (Å²) < 4.78 is 23.0. The van der Waals surface area contributed by atoms with E-state index in [1.54, 1.807) is 38.2 Å². The lowest BCUT2D eigenvalue weighted by molar-refractivity contribution is 0.385. The lowest BCUT2D eigenvalue weighted by atomic mass is 10.1. The molecule has 0 bridgehead atoms. The van der Waals surface area contributed by atoms with Crippen LogP contribution in [-0.4, -0.2) is 30.1 Å². The summed E-state index contributed by atoms with van der Waals surface area (Å²) in [5, 5.41) is 45.3. The molecule has 0 aromatic carbocycles. The first-order valence-corrected chi connectivity index (χ1v) is 18.9. The molecule has 57 heavy (non-hydrogen) atoms. The topological polar surface area (TPSA) is 210 Å². The third kappa shape index (κ3) is 15.9. The highest BCUT2D eigenvalue weighted by atomic mass is 32.1. The number of hydrogen-bond donors (Lipinski definition) is 5. The van der Waals surface area contributed by atoms with Crippen LogP contribution >= 0.6 is 24.4 Å². The van der Waals surface area contributed by atoms with Gasteiger partial charge in [0.2, 0.25) is 16.6 Å². The Bertz CT molecular complexity index is 2210. The molecule has 5 aromatic heterocycles. The first kappa shape index (κ1) is 49.6. The van der Waals surface area contributed by atoms with E-state index >= 15 is 0 Å². The normalized spacial score (nSPS) is 10.5. The van der Waals surface area contributed by atoms with Crippen LogP contribution in [0.25, 0.3) is 0 Å². The summed E-state index contributed by atoms with van der Waals surface area (Å²) in [6.07, 6.45) is 4.00. The average Bonchev–Trinajstić information content (AvgIpc) is 3.13. The van der Waals surface area contributed by atoms with Gasteiger partial charge in [-0.15, -0.1) is 0 Å². The van der Waals surface area contributed by atoms with Crippen LogP contribution in [0.2, 0.25) is 0 Å². The standard InChI is InChI=1S/C9H12O3.C9H12O2S.C8H11NO2.C8H10O3.C8H10O2S/c1-5(2)8-4-7(10)9(11)6(3)12-8;1-5(2)7-4-8(12)9(10)6(3)11-7;1-6(2)9-5-3-4-7(10)8(9)11;1-5(2)8-3-6(9)7(10)4-11-8;1-5(2)7-3-8(11)6(9)4-10-7/h4-5,11H,1-3H3;4-5,10H,1-3H3;3-6,10H,1-2H3;3-5,10H,1-2H3;3-5,9H,1-2H3. The third-order valence-electron chi connectivity index (χ3n) is 7.67. The monoisotopic (exact) mass is 829 g/mol. The van der Waals surface area contributed by atoms with Gasteiger partial charge in [0.15, 0.2) is 23.0 Å². The molecule has 0 unspecified atom stereocenters. The molecular weight excluding hydrogens is 775 g/mol.